The van der Waals surface area contributed by atoms with Crippen molar-refractivity contribution in [2.24, 2.45) is 0 Å². The van der Waals surface area contributed by atoms with Crippen LogP contribution < -0.4 is 0 Å². The maximum absolute atomic E-state index is 12.0. The van der Waals surface area contributed by atoms with E-state index in [1.54, 1.807) is 13.8 Å². The Hall–Kier alpha value is -0.750. The summed E-state index contributed by atoms with van der Waals surface area (Å²) in [5.74, 6) is 0. The van der Waals surface area contributed by atoms with E-state index >= 15 is 0 Å². The molecule has 0 bridgehead atoms. The van der Waals surface area contributed by atoms with Gasteiger partial charge in [0, 0.05) is 0 Å². The molecule has 1 rings (SSSR count). The second-order valence-corrected chi connectivity index (χ2v) is 5.47. The zero-order valence-electron chi connectivity index (χ0n) is 11.7. The molecular formula is C13H21O6P. The van der Waals surface area contributed by atoms with Crippen LogP contribution in [-0.2, 0) is 29.5 Å². The van der Waals surface area contributed by atoms with Crippen molar-refractivity contribution < 1.29 is 28.0 Å². The van der Waals surface area contributed by atoms with Crippen LogP contribution in [-0.4, -0.2) is 31.2 Å². The average molecular weight is 304 g/mol. The van der Waals surface area contributed by atoms with E-state index in [1.165, 1.54) is 0 Å². The lowest BCUT2D eigenvalue weighted by molar-refractivity contribution is -0.0979. The molecule has 6 nitrogen and oxygen atoms in total. The maximum atomic E-state index is 12.0. The number of hydrogen-bond acceptors (Lipinski definition) is 6. The number of benzene rings is 1. The first kappa shape index (κ1) is 17.3. The predicted molar refractivity (Wildman–Crippen MR) is 74.0 cm³/mol. The van der Waals surface area contributed by atoms with Gasteiger partial charge in [-0.3, -0.25) is 13.6 Å². The van der Waals surface area contributed by atoms with Crippen LogP contribution in [0, 0.1) is 0 Å². The van der Waals surface area contributed by atoms with Gasteiger partial charge in [-0.2, -0.15) is 0 Å². The predicted octanol–water partition coefficient (Wildman–Crippen LogP) is 2.72. The smallest absolute Gasteiger partial charge is 0.371 e. The number of phosphoric acid groups is 1. The molecular weight excluding hydrogens is 283 g/mol. The number of aliphatic hydroxyl groups is 1. The summed E-state index contributed by atoms with van der Waals surface area (Å²) in [6, 6.07) is 9.49. The molecule has 1 N–H and O–H groups in total. The Labute approximate surface area is 119 Å². The summed E-state index contributed by atoms with van der Waals surface area (Å²) in [6.45, 7) is 3.85. The minimum atomic E-state index is -3.72. The third-order valence-corrected chi connectivity index (χ3v) is 3.85. The van der Waals surface area contributed by atoms with Crippen LogP contribution in [0.15, 0.2) is 30.3 Å². The molecule has 0 aliphatic heterocycles. The van der Waals surface area contributed by atoms with Crippen molar-refractivity contribution in [1.29, 1.82) is 0 Å². The van der Waals surface area contributed by atoms with Crippen molar-refractivity contribution >= 4 is 7.82 Å². The van der Waals surface area contributed by atoms with E-state index in [9.17, 15) is 9.67 Å². The molecule has 0 saturated heterocycles. The maximum Gasteiger partial charge on any atom is 0.477 e. The summed E-state index contributed by atoms with van der Waals surface area (Å²) in [5.41, 5.74) is 0.970. The van der Waals surface area contributed by atoms with Crippen molar-refractivity contribution in [1.82, 2.24) is 0 Å². The highest BCUT2D eigenvalue weighted by Crippen LogP contribution is 2.50. The van der Waals surface area contributed by atoms with Gasteiger partial charge in [0.25, 0.3) is 0 Å². The summed E-state index contributed by atoms with van der Waals surface area (Å²) in [6.07, 6.45) is -1.37. The van der Waals surface area contributed by atoms with Crippen LogP contribution in [0.3, 0.4) is 0 Å². The molecule has 0 aliphatic carbocycles. The van der Waals surface area contributed by atoms with Crippen LogP contribution in [0.4, 0.5) is 0 Å². The number of aliphatic hydroxyl groups excluding tert-OH is 1. The number of ether oxygens (including phenoxy) is 1. The number of phosphoric ester groups is 1. The molecule has 114 valence electrons. The number of hydrogen-bond donors (Lipinski definition) is 1. The van der Waals surface area contributed by atoms with Crippen LogP contribution in [0.2, 0.25) is 0 Å². The summed E-state index contributed by atoms with van der Waals surface area (Å²) in [7, 11) is -3.72. The zero-order chi connectivity index (χ0) is 14.8. The largest absolute Gasteiger partial charge is 0.477 e. The van der Waals surface area contributed by atoms with E-state index in [0.717, 1.165) is 5.56 Å². The van der Waals surface area contributed by atoms with Crippen LogP contribution in [0.5, 0.6) is 0 Å². The van der Waals surface area contributed by atoms with Gasteiger partial charge in [0.15, 0.2) is 6.29 Å². The molecule has 0 spiro atoms. The Morgan fingerprint density at radius 3 is 2.30 bits per heavy atom. The van der Waals surface area contributed by atoms with Gasteiger partial charge in [0.2, 0.25) is 0 Å². The van der Waals surface area contributed by atoms with Crippen molar-refractivity contribution in [2.75, 3.05) is 19.8 Å². The Balaban J connectivity index is 2.34. The van der Waals surface area contributed by atoms with Gasteiger partial charge in [-0.15, -0.1) is 0 Å². The lowest BCUT2D eigenvalue weighted by Crippen LogP contribution is -2.19. The van der Waals surface area contributed by atoms with Gasteiger partial charge < -0.3 is 9.84 Å². The van der Waals surface area contributed by atoms with Crippen molar-refractivity contribution in [3.8, 4) is 0 Å². The van der Waals surface area contributed by atoms with E-state index in [2.05, 4.69) is 0 Å². The lowest BCUT2D eigenvalue weighted by atomic mass is 10.2. The van der Waals surface area contributed by atoms with Crippen LogP contribution >= 0.6 is 7.82 Å². The highest BCUT2D eigenvalue weighted by atomic mass is 31.2. The normalized spacial score (nSPS) is 13.3. The van der Waals surface area contributed by atoms with Crippen LogP contribution in [0.25, 0.3) is 0 Å². The quantitative estimate of drug-likeness (QED) is 0.529. The van der Waals surface area contributed by atoms with E-state index in [-0.39, 0.29) is 19.8 Å². The first-order valence-corrected chi connectivity index (χ1v) is 7.93. The first-order valence-electron chi connectivity index (χ1n) is 6.47. The van der Waals surface area contributed by atoms with Crippen molar-refractivity contribution in [2.45, 2.75) is 26.7 Å². The van der Waals surface area contributed by atoms with Crippen molar-refractivity contribution in [3.63, 3.8) is 0 Å². The SMILES string of the molecule is CCOP(=O)(OCC)OC(O)COCc1ccccc1. The Morgan fingerprint density at radius 2 is 1.75 bits per heavy atom. The second kappa shape index (κ2) is 9.23. The average Bonchev–Trinajstić information content (AvgIpc) is 2.40. The van der Waals surface area contributed by atoms with Crippen LogP contribution in [0.1, 0.15) is 19.4 Å². The van der Waals surface area contributed by atoms with Gasteiger partial charge in [-0.25, -0.2) is 4.57 Å². The Morgan fingerprint density at radius 1 is 1.15 bits per heavy atom. The van der Waals surface area contributed by atoms with Gasteiger partial charge in [-0.1, -0.05) is 30.3 Å². The van der Waals surface area contributed by atoms with Gasteiger partial charge >= 0.3 is 7.82 Å². The highest BCUT2D eigenvalue weighted by molar-refractivity contribution is 7.48. The highest BCUT2D eigenvalue weighted by Gasteiger charge is 2.29. The Bertz CT molecular complexity index is 401. The molecule has 0 fully saturated rings. The zero-order valence-corrected chi connectivity index (χ0v) is 12.6. The van der Waals surface area contributed by atoms with Crippen molar-refractivity contribution in [3.05, 3.63) is 35.9 Å². The monoisotopic (exact) mass is 304 g/mol. The van der Waals surface area contributed by atoms with Gasteiger partial charge in [-0.05, 0) is 19.4 Å². The number of rotatable bonds is 10. The fourth-order valence-corrected chi connectivity index (χ4v) is 2.63. The summed E-state index contributed by atoms with van der Waals surface area (Å²) >= 11 is 0. The topological polar surface area (TPSA) is 74.2 Å². The minimum absolute atomic E-state index is 0.126. The fourth-order valence-electron chi connectivity index (χ4n) is 1.45. The first-order chi connectivity index (χ1) is 9.59. The van der Waals surface area contributed by atoms with Gasteiger partial charge in [0.05, 0.1) is 26.4 Å². The third-order valence-electron chi connectivity index (χ3n) is 2.20. The lowest BCUT2D eigenvalue weighted by Gasteiger charge is -2.19. The third kappa shape index (κ3) is 6.61. The van der Waals surface area contributed by atoms with E-state index in [1.807, 2.05) is 30.3 Å². The molecule has 0 aliphatic rings. The van der Waals surface area contributed by atoms with E-state index in [0.29, 0.717) is 6.61 Å². The summed E-state index contributed by atoms with van der Waals surface area (Å²) < 4.78 is 32.0. The minimum Gasteiger partial charge on any atom is -0.371 e. The second-order valence-electron chi connectivity index (χ2n) is 3.84. The molecule has 1 unspecified atom stereocenters. The molecule has 0 heterocycles. The summed E-state index contributed by atoms with van der Waals surface area (Å²) in [4.78, 5) is 0. The molecule has 0 saturated carbocycles. The molecule has 7 heteroatoms. The molecule has 20 heavy (non-hydrogen) atoms. The van der Waals surface area contributed by atoms with E-state index in [4.69, 9.17) is 18.3 Å². The standard InChI is InChI=1S/C13H21O6P/c1-3-17-20(15,18-4-2)19-13(14)11-16-10-12-8-6-5-7-9-12/h5-9,13-14H,3-4,10-11H2,1-2H3. The Kier molecular flexibility index (Phi) is 7.99. The fraction of sp³-hybridized carbons (Fsp3) is 0.538. The molecule has 0 aromatic heterocycles. The molecule has 1 aromatic rings. The molecule has 0 radical (unpaired) electrons. The molecule has 1 aromatic carbocycles. The summed E-state index contributed by atoms with van der Waals surface area (Å²) in [5, 5.41) is 9.64. The molecule has 1 atom stereocenters. The molecule has 0 amide bonds. The van der Waals surface area contributed by atoms with Gasteiger partial charge in [0.1, 0.15) is 0 Å². The van der Waals surface area contributed by atoms with E-state index < -0.39 is 14.1 Å².